The molecule has 2 aromatic heterocycles. The summed E-state index contributed by atoms with van der Waals surface area (Å²) in [7, 11) is 6.64. The summed E-state index contributed by atoms with van der Waals surface area (Å²) in [5.74, 6) is 2.76. The summed E-state index contributed by atoms with van der Waals surface area (Å²) in [5, 5.41) is 15.4. The van der Waals surface area contributed by atoms with Crippen LogP contribution in [0.25, 0.3) is 16.7 Å². The zero-order valence-corrected chi connectivity index (χ0v) is 21.8. The van der Waals surface area contributed by atoms with Crippen LogP contribution in [-0.2, 0) is 9.47 Å². The molecule has 3 aliphatic rings. The molecule has 1 aromatic carbocycles. The average Bonchev–Trinajstić information content (AvgIpc) is 3.54. The van der Waals surface area contributed by atoms with Gasteiger partial charge < -0.3 is 24.4 Å². The van der Waals surface area contributed by atoms with Crippen LogP contribution < -0.4 is 4.90 Å². The first kappa shape index (κ1) is 24.8. The summed E-state index contributed by atoms with van der Waals surface area (Å²) in [6, 6.07) is 6.54. The van der Waals surface area contributed by atoms with E-state index >= 15 is 0 Å². The maximum absolute atomic E-state index is 9.56. The summed E-state index contributed by atoms with van der Waals surface area (Å²) in [6.45, 7) is 9.37. The smallest absolute Gasteiger partial charge is 0.159 e. The van der Waals surface area contributed by atoms with Crippen molar-refractivity contribution in [2.24, 2.45) is 0 Å². The number of ether oxygens (including phenoxy) is 2. The number of morpholine rings is 1. The van der Waals surface area contributed by atoms with Gasteiger partial charge in [-0.3, -0.25) is 0 Å². The Balaban J connectivity index is 1.28. The number of hydrogen-bond acceptors (Lipinski definition) is 8. The van der Waals surface area contributed by atoms with E-state index in [1.807, 2.05) is 23.9 Å². The molecule has 0 bridgehead atoms. The van der Waals surface area contributed by atoms with Crippen LogP contribution in [0.4, 0.5) is 5.82 Å². The van der Waals surface area contributed by atoms with Crippen molar-refractivity contribution in [1.82, 2.24) is 24.6 Å². The maximum Gasteiger partial charge on any atom is 0.159 e. The molecule has 5 heterocycles. The number of likely N-dealkylation sites (tertiary alicyclic amines) is 1. The van der Waals surface area contributed by atoms with Gasteiger partial charge in [-0.15, -0.1) is 0 Å². The van der Waals surface area contributed by atoms with E-state index in [9.17, 15) is 5.11 Å². The zero-order chi connectivity index (χ0) is 25.6. The van der Waals surface area contributed by atoms with Crippen LogP contribution in [0.15, 0.2) is 24.4 Å². The Morgan fingerprint density at radius 1 is 1.08 bits per heavy atom. The second-order valence-electron chi connectivity index (χ2n) is 10.7. The van der Waals surface area contributed by atoms with Crippen molar-refractivity contribution in [2.45, 2.75) is 50.6 Å². The third-order valence-electron chi connectivity index (χ3n) is 8.25. The fourth-order valence-corrected chi connectivity index (χ4v) is 6.13. The second-order valence-corrected chi connectivity index (χ2v) is 10.7. The summed E-state index contributed by atoms with van der Waals surface area (Å²) >= 11 is 0. The molecule has 0 saturated carbocycles. The number of aryl methyl sites for hydroxylation is 2. The number of aliphatic hydroxyl groups excluding tert-OH is 1. The summed E-state index contributed by atoms with van der Waals surface area (Å²) in [4.78, 5) is 14.0. The van der Waals surface area contributed by atoms with Crippen molar-refractivity contribution in [2.75, 3.05) is 57.5 Å². The first-order valence-electron chi connectivity index (χ1n) is 13.4. The number of rotatable bonds is 5. The molecule has 6 rings (SSSR count). The van der Waals surface area contributed by atoms with E-state index < -0.39 is 0 Å². The normalized spacial score (nSPS) is 25.8. The summed E-state index contributed by atoms with van der Waals surface area (Å²) < 4.78 is 13.2. The number of aromatic nitrogens is 4. The average molecular weight is 502 g/mol. The topological polar surface area (TPSA) is 88.8 Å². The molecule has 0 spiro atoms. The molecular formula is C27H35BN6O3. The van der Waals surface area contributed by atoms with E-state index in [1.165, 1.54) is 11.1 Å². The molecule has 1 N–H and O–H groups in total. The highest BCUT2D eigenvalue weighted by Gasteiger charge is 2.37. The lowest BCUT2D eigenvalue weighted by atomic mass is 9.73. The molecule has 0 aliphatic carbocycles. The third-order valence-corrected chi connectivity index (χ3v) is 8.25. The number of fused-ring (bicyclic) bond motifs is 1. The van der Waals surface area contributed by atoms with E-state index in [0.717, 1.165) is 68.0 Å². The van der Waals surface area contributed by atoms with Gasteiger partial charge in [-0.2, -0.15) is 5.10 Å². The molecule has 3 aromatic rings. The fraction of sp³-hybridized carbons (Fsp3) is 0.593. The highest BCUT2D eigenvalue weighted by atomic mass is 16.5. The fourth-order valence-electron chi connectivity index (χ4n) is 6.13. The predicted molar refractivity (Wildman–Crippen MR) is 143 cm³/mol. The Bertz CT molecular complexity index is 1270. The molecule has 2 atom stereocenters. The van der Waals surface area contributed by atoms with Crippen LogP contribution in [0.3, 0.4) is 0 Å². The monoisotopic (exact) mass is 502 g/mol. The van der Waals surface area contributed by atoms with Gasteiger partial charge in [0.05, 0.1) is 45.5 Å². The van der Waals surface area contributed by atoms with Crippen LogP contribution in [0.5, 0.6) is 0 Å². The number of anilines is 1. The lowest BCUT2D eigenvalue weighted by Gasteiger charge is -2.43. The Hall–Kier alpha value is -2.53. The first-order chi connectivity index (χ1) is 17.9. The van der Waals surface area contributed by atoms with Crippen molar-refractivity contribution in [3.63, 3.8) is 0 Å². The third kappa shape index (κ3) is 4.76. The van der Waals surface area contributed by atoms with Crippen LogP contribution in [0, 0.1) is 13.8 Å². The number of benzene rings is 1. The maximum atomic E-state index is 9.56. The van der Waals surface area contributed by atoms with Crippen molar-refractivity contribution in [3.05, 3.63) is 41.3 Å². The SMILES string of the molecule is [B]C1(N2CCC(c3cc4c(cnn4-c4cc(N5CCO[C@@H](CO)C5)nc(C)n4)cc3C)CC2)CCOC1. The Labute approximate surface area is 219 Å². The quantitative estimate of drug-likeness (QED) is 0.531. The number of nitrogens with zero attached hydrogens (tertiary/aromatic N) is 6. The predicted octanol–water partition coefficient (Wildman–Crippen LogP) is 2.09. The van der Waals surface area contributed by atoms with Gasteiger partial charge in [0.25, 0.3) is 0 Å². The van der Waals surface area contributed by atoms with Gasteiger partial charge in [-0.25, -0.2) is 14.6 Å². The molecule has 3 saturated heterocycles. The standard InChI is InChI=1S/C27H35BN6O3/c1-18-11-21-14-29-34(26-13-25(30-19(2)31-26)32-8-10-37-22(15-32)16-35)24(21)12-23(18)20-3-6-33(7-4-20)27(28)5-9-36-17-27/h11-14,20,22,35H,3-10,15-17H2,1-2H3/t22-,27?/m1/s1. The molecule has 3 fully saturated rings. The molecule has 0 amide bonds. The first-order valence-corrected chi connectivity index (χ1v) is 13.4. The van der Waals surface area contributed by atoms with Gasteiger partial charge in [-0.05, 0) is 75.4 Å². The summed E-state index contributed by atoms with van der Waals surface area (Å²) in [5.41, 5.74) is 3.44. The Morgan fingerprint density at radius 2 is 1.89 bits per heavy atom. The van der Waals surface area contributed by atoms with Crippen LogP contribution >= 0.6 is 0 Å². The zero-order valence-electron chi connectivity index (χ0n) is 21.8. The number of aliphatic hydroxyl groups is 1. The summed E-state index contributed by atoms with van der Waals surface area (Å²) in [6.07, 6.45) is 4.79. The highest BCUT2D eigenvalue weighted by Crippen LogP contribution is 2.36. The molecule has 9 nitrogen and oxygen atoms in total. The largest absolute Gasteiger partial charge is 0.394 e. The molecule has 2 radical (unpaired) electrons. The molecular weight excluding hydrogens is 467 g/mol. The molecule has 1 unspecified atom stereocenters. The van der Waals surface area contributed by atoms with E-state index in [0.29, 0.717) is 31.5 Å². The van der Waals surface area contributed by atoms with Gasteiger partial charge in [-0.1, -0.05) is 0 Å². The van der Waals surface area contributed by atoms with Crippen molar-refractivity contribution < 1.29 is 14.6 Å². The molecule has 37 heavy (non-hydrogen) atoms. The van der Waals surface area contributed by atoms with E-state index in [2.05, 4.69) is 33.8 Å². The van der Waals surface area contributed by atoms with Gasteiger partial charge in [0, 0.05) is 36.6 Å². The van der Waals surface area contributed by atoms with E-state index in [4.69, 9.17) is 27.4 Å². The Kier molecular flexibility index (Phi) is 6.69. The van der Waals surface area contributed by atoms with Gasteiger partial charge in [0.15, 0.2) is 5.82 Å². The van der Waals surface area contributed by atoms with Crippen molar-refractivity contribution in [1.29, 1.82) is 0 Å². The minimum Gasteiger partial charge on any atom is -0.394 e. The molecule has 3 aliphatic heterocycles. The number of piperidine rings is 1. The molecule has 10 heteroatoms. The Morgan fingerprint density at radius 3 is 2.65 bits per heavy atom. The minimum atomic E-state index is -0.303. The highest BCUT2D eigenvalue weighted by molar-refractivity contribution is 6.15. The van der Waals surface area contributed by atoms with Gasteiger partial charge in [0.2, 0.25) is 0 Å². The lowest BCUT2D eigenvalue weighted by Crippen LogP contribution is -2.52. The van der Waals surface area contributed by atoms with Crippen molar-refractivity contribution >= 4 is 24.6 Å². The van der Waals surface area contributed by atoms with Crippen molar-refractivity contribution in [3.8, 4) is 5.82 Å². The number of hydrogen-bond donors (Lipinski definition) is 1. The lowest BCUT2D eigenvalue weighted by molar-refractivity contribution is 0.00335. The van der Waals surface area contributed by atoms with Crippen LogP contribution in [0.2, 0.25) is 0 Å². The van der Waals surface area contributed by atoms with E-state index in [1.54, 1.807) is 0 Å². The van der Waals surface area contributed by atoms with Gasteiger partial charge in [0.1, 0.15) is 11.6 Å². The minimum absolute atomic E-state index is 0.00167. The second kappa shape index (κ2) is 9.98. The molecule has 194 valence electrons. The van der Waals surface area contributed by atoms with Crippen LogP contribution in [-0.4, -0.2) is 102 Å². The van der Waals surface area contributed by atoms with Crippen LogP contribution in [0.1, 0.15) is 42.1 Å². The van der Waals surface area contributed by atoms with E-state index in [-0.39, 0.29) is 18.1 Å². The van der Waals surface area contributed by atoms with Gasteiger partial charge >= 0.3 is 0 Å².